The standard InChI is InChI=1S/C31H27F4N7O2/c1-19-11-27(32)26(30(43)40-22-13-21(31(33,34)35)14-25(15-22)44-10-9-41(2)3)12-20(19)6-7-24-18-36-29-28(5-4-8-42(24)29)39-23-16-37-38-17-23/h4-5,8,11-18,39H,9-10H2,1-3H3,(H,37,38)(H,40,43). The van der Waals surface area contributed by atoms with E-state index in [0.717, 1.165) is 29.6 Å². The molecule has 5 rings (SSSR count). The molecule has 1 amide bonds. The summed E-state index contributed by atoms with van der Waals surface area (Å²) in [5.74, 6) is 4.12. The first-order valence-corrected chi connectivity index (χ1v) is 13.3. The highest BCUT2D eigenvalue weighted by molar-refractivity contribution is 6.05. The number of likely N-dealkylation sites (N-methyl/N-ethyl adjacent to an activating group) is 1. The maximum absolute atomic E-state index is 14.9. The zero-order chi connectivity index (χ0) is 31.4. The third kappa shape index (κ3) is 6.99. The number of benzene rings is 2. The number of H-pyrrole nitrogens is 1. The van der Waals surface area contributed by atoms with Crippen molar-refractivity contribution in [3.63, 3.8) is 0 Å². The van der Waals surface area contributed by atoms with Gasteiger partial charge in [-0.25, -0.2) is 9.37 Å². The molecule has 0 saturated heterocycles. The van der Waals surface area contributed by atoms with Crippen LogP contribution < -0.4 is 15.4 Å². The topological polar surface area (TPSA) is 99.6 Å². The van der Waals surface area contributed by atoms with E-state index in [1.807, 2.05) is 17.0 Å². The number of hydrogen-bond acceptors (Lipinski definition) is 6. The molecule has 0 fully saturated rings. The molecule has 0 spiro atoms. The highest BCUT2D eigenvalue weighted by atomic mass is 19.4. The predicted octanol–water partition coefficient (Wildman–Crippen LogP) is 5.86. The van der Waals surface area contributed by atoms with Gasteiger partial charge in [0.15, 0.2) is 5.65 Å². The van der Waals surface area contributed by atoms with Crippen LogP contribution in [0.5, 0.6) is 5.75 Å². The normalized spacial score (nSPS) is 11.4. The van der Waals surface area contributed by atoms with Gasteiger partial charge in [0.1, 0.15) is 23.9 Å². The number of imidazole rings is 1. The Morgan fingerprint density at radius 1 is 1.11 bits per heavy atom. The van der Waals surface area contributed by atoms with Crippen molar-refractivity contribution in [1.29, 1.82) is 0 Å². The molecule has 3 N–H and O–H groups in total. The van der Waals surface area contributed by atoms with Crippen molar-refractivity contribution < 1.29 is 27.1 Å². The van der Waals surface area contributed by atoms with E-state index in [1.165, 1.54) is 12.1 Å². The number of aryl methyl sites for hydroxylation is 1. The molecule has 3 heterocycles. The second-order valence-corrected chi connectivity index (χ2v) is 10.1. The molecule has 44 heavy (non-hydrogen) atoms. The Balaban J connectivity index is 1.41. The van der Waals surface area contributed by atoms with Gasteiger partial charge in [0.25, 0.3) is 5.91 Å². The molecule has 0 aliphatic rings. The van der Waals surface area contributed by atoms with Crippen molar-refractivity contribution >= 4 is 28.6 Å². The quantitative estimate of drug-likeness (QED) is 0.151. The van der Waals surface area contributed by atoms with Crippen molar-refractivity contribution in [3.05, 3.63) is 101 Å². The molecule has 0 radical (unpaired) electrons. The largest absolute Gasteiger partial charge is 0.492 e. The maximum atomic E-state index is 14.9. The summed E-state index contributed by atoms with van der Waals surface area (Å²) in [4.78, 5) is 19.4. The van der Waals surface area contributed by atoms with Gasteiger partial charge in [-0.05, 0) is 68.9 Å². The fourth-order valence-electron chi connectivity index (χ4n) is 4.25. The predicted molar refractivity (Wildman–Crippen MR) is 158 cm³/mol. The molecule has 3 aromatic heterocycles. The maximum Gasteiger partial charge on any atom is 0.416 e. The number of hydrogen-bond donors (Lipinski definition) is 3. The van der Waals surface area contributed by atoms with Gasteiger partial charge < -0.3 is 20.3 Å². The zero-order valence-corrected chi connectivity index (χ0v) is 23.9. The summed E-state index contributed by atoms with van der Waals surface area (Å²) >= 11 is 0. The molecule has 0 aliphatic heterocycles. The number of carbonyl (C=O) groups excluding carboxylic acids is 1. The molecule has 13 heteroatoms. The summed E-state index contributed by atoms with van der Waals surface area (Å²) in [5.41, 5.74) is 1.87. The molecule has 0 saturated carbocycles. The van der Waals surface area contributed by atoms with E-state index in [1.54, 1.807) is 50.2 Å². The van der Waals surface area contributed by atoms with Crippen molar-refractivity contribution in [2.75, 3.05) is 37.9 Å². The number of alkyl halides is 3. The van der Waals surface area contributed by atoms with Gasteiger partial charge in [-0.1, -0.05) is 5.92 Å². The zero-order valence-electron chi connectivity index (χ0n) is 23.9. The van der Waals surface area contributed by atoms with Gasteiger partial charge in [-0.3, -0.25) is 14.3 Å². The number of ether oxygens (including phenoxy) is 1. The minimum Gasteiger partial charge on any atom is -0.492 e. The SMILES string of the molecule is Cc1cc(F)c(C(=O)Nc2cc(OCCN(C)C)cc(C(F)(F)F)c2)cc1C#Cc1cnc2c(Nc3cn[nH]c3)cccn12. The van der Waals surface area contributed by atoms with Gasteiger partial charge in [0.2, 0.25) is 0 Å². The number of amides is 1. The van der Waals surface area contributed by atoms with Crippen LogP contribution in [-0.2, 0) is 6.18 Å². The minimum absolute atomic E-state index is 0.0796. The van der Waals surface area contributed by atoms with E-state index >= 15 is 0 Å². The average molecular weight is 606 g/mol. The molecule has 0 unspecified atom stereocenters. The molecule has 2 aromatic carbocycles. The van der Waals surface area contributed by atoms with Crippen LogP contribution in [0.1, 0.15) is 32.7 Å². The fraction of sp³-hybridized carbons (Fsp3) is 0.194. The molecule has 0 bridgehead atoms. The number of aromatic amines is 1. The number of nitrogens with one attached hydrogen (secondary N) is 3. The molecular formula is C31H27F4N7O2. The van der Waals surface area contributed by atoms with Gasteiger partial charge in [-0.15, -0.1) is 0 Å². The fourth-order valence-corrected chi connectivity index (χ4v) is 4.25. The van der Waals surface area contributed by atoms with Gasteiger partial charge in [0.05, 0.1) is 34.9 Å². The average Bonchev–Trinajstić information content (AvgIpc) is 3.62. The molecule has 0 aliphatic carbocycles. The monoisotopic (exact) mass is 605 g/mol. The van der Waals surface area contributed by atoms with Crippen LogP contribution in [0.2, 0.25) is 0 Å². The molecule has 9 nitrogen and oxygen atoms in total. The Labute approximate surface area is 249 Å². The number of rotatable bonds is 8. The number of nitrogens with zero attached hydrogens (tertiary/aromatic N) is 4. The number of pyridine rings is 1. The van der Waals surface area contributed by atoms with Crippen molar-refractivity contribution in [3.8, 4) is 17.6 Å². The second kappa shape index (κ2) is 12.5. The smallest absolute Gasteiger partial charge is 0.416 e. The lowest BCUT2D eigenvalue weighted by atomic mass is 10.0. The summed E-state index contributed by atoms with van der Waals surface area (Å²) in [6.07, 6.45) is 2.01. The summed E-state index contributed by atoms with van der Waals surface area (Å²) < 4.78 is 62.9. The minimum atomic E-state index is -4.69. The number of carbonyl (C=O) groups is 1. The highest BCUT2D eigenvalue weighted by Gasteiger charge is 2.32. The first kappa shape index (κ1) is 30.1. The van der Waals surface area contributed by atoms with Crippen LogP contribution in [0.15, 0.2) is 67.3 Å². The number of halogens is 4. The lowest BCUT2D eigenvalue weighted by molar-refractivity contribution is -0.137. The lowest BCUT2D eigenvalue weighted by Gasteiger charge is -2.15. The first-order valence-electron chi connectivity index (χ1n) is 13.3. The third-order valence-corrected chi connectivity index (χ3v) is 6.50. The molecular weight excluding hydrogens is 578 g/mol. The van der Waals surface area contributed by atoms with Crippen LogP contribution in [0.3, 0.4) is 0 Å². The number of fused-ring (bicyclic) bond motifs is 1. The van der Waals surface area contributed by atoms with Crippen molar-refractivity contribution in [2.45, 2.75) is 13.1 Å². The van der Waals surface area contributed by atoms with Gasteiger partial charge in [-0.2, -0.15) is 18.3 Å². The first-order chi connectivity index (χ1) is 21.0. The second-order valence-electron chi connectivity index (χ2n) is 10.1. The highest BCUT2D eigenvalue weighted by Crippen LogP contribution is 2.34. The molecule has 0 atom stereocenters. The Kier molecular flexibility index (Phi) is 8.54. The van der Waals surface area contributed by atoms with Crippen molar-refractivity contribution in [2.24, 2.45) is 0 Å². The van der Waals surface area contributed by atoms with Crippen molar-refractivity contribution in [1.82, 2.24) is 24.5 Å². The summed E-state index contributed by atoms with van der Waals surface area (Å²) in [5, 5.41) is 12.2. The van der Waals surface area contributed by atoms with E-state index in [9.17, 15) is 22.4 Å². The van der Waals surface area contributed by atoms with Crippen LogP contribution in [0.4, 0.5) is 34.6 Å². The summed E-state index contributed by atoms with van der Waals surface area (Å²) in [7, 11) is 3.59. The van der Waals surface area contributed by atoms with Crippen LogP contribution >= 0.6 is 0 Å². The van der Waals surface area contributed by atoms with E-state index in [-0.39, 0.29) is 23.6 Å². The Morgan fingerprint density at radius 3 is 2.66 bits per heavy atom. The molecule has 226 valence electrons. The van der Waals surface area contributed by atoms with Crippen LogP contribution in [0, 0.1) is 24.6 Å². The van der Waals surface area contributed by atoms with Gasteiger partial charge in [0, 0.05) is 36.3 Å². The van der Waals surface area contributed by atoms with E-state index in [2.05, 4.69) is 37.7 Å². The summed E-state index contributed by atoms with van der Waals surface area (Å²) in [6, 6.07) is 8.97. The van der Waals surface area contributed by atoms with E-state index in [4.69, 9.17) is 4.74 Å². The Morgan fingerprint density at radius 2 is 1.93 bits per heavy atom. The van der Waals surface area contributed by atoms with Crippen LogP contribution in [0.25, 0.3) is 5.65 Å². The summed E-state index contributed by atoms with van der Waals surface area (Å²) in [6.45, 7) is 2.24. The number of anilines is 3. The number of aromatic nitrogens is 4. The lowest BCUT2D eigenvalue weighted by Crippen LogP contribution is -2.20. The Bertz CT molecular complexity index is 1870. The van der Waals surface area contributed by atoms with Gasteiger partial charge >= 0.3 is 6.18 Å². The third-order valence-electron chi connectivity index (χ3n) is 6.50. The van der Waals surface area contributed by atoms with Crippen LogP contribution in [-0.4, -0.2) is 57.6 Å². The molecule has 5 aromatic rings. The van der Waals surface area contributed by atoms with E-state index < -0.39 is 23.5 Å². The van der Waals surface area contributed by atoms with E-state index in [0.29, 0.717) is 29.0 Å². The Hall–Kier alpha value is -5.35.